The molecule has 0 saturated heterocycles. The van der Waals surface area contributed by atoms with Gasteiger partial charge in [0.25, 0.3) is 10.1 Å². The first-order valence-electron chi connectivity index (χ1n) is 28.1. The normalized spacial score (nSPS) is 47.9. The number of aliphatic hydroxyl groups is 5. The highest BCUT2D eigenvalue weighted by Gasteiger charge is 2.68. The van der Waals surface area contributed by atoms with Crippen LogP contribution in [-0.2, 0) is 28.9 Å². The minimum atomic E-state index is -3.91. The fourth-order valence-electron chi connectivity index (χ4n) is 19.8. The average Bonchev–Trinajstić information content (AvgIpc) is 3.83. The number of aliphatic hydroxyl groups excluding tert-OH is 5. The van der Waals surface area contributed by atoms with Crippen LogP contribution < -0.4 is 0 Å². The molecule has 410 valence electrons. The zero-order valence-corrected chi connectivity index (χ0v) is 46.0. The molecule has 8 fully saturated rings. The Balaban J connectivity index is 0.000000226. The topological polar surface area (TPSA) is 208 Å². The number of fused-ring (bicyclic) bond motifs is 10. The lowest BCUT2D eigenvalue weighted by molar-refractivity contribution is -0.228. The van der Waals surface area contributed by atoms with Gasteiger partial charge in [-0.1, -0.05) is 88.5 Å². The molecule has 6 unspecified atom stereocenters. The number of unbranched alkanes of at least 4 members (excludes halogenated alkanes) is 1. The summed E-state index contributed by atoms with van der Waals surface area (Å²) in [5, 5.41) is 56.2. The van der Waals surface area contributed by atoms with Gasteiger partial charge in [0.2, 0.25) is 0 Å². The van der Waals surface area contributed by atoms with Crippen LogP contribution in [0.25, 0.3) is 0 Å². The second-order valence-corrected chi connectivity index (χ2v) is 29.0. The molecule has 8 aliphatic carbocycles. The third-order valence-corrected chi connectivity index (χ3v) is 25.0. The Hall–Kier alpha value is -0.420. The first-order chi connectivity index (χ1) is 32.2. The molecule has 0 aliphatic heterocycles. The lowest BCUT2D eigenvalue weighted by atomic mass is 9.41. The molecule has 8 saturated carbocycles. The maximum Gasteiger partial charge on any atom is 0.399 e. The molecule has 14 heteroatoms. The summed E-state index contributed by atoms with van der Waals surface area (Å²) in [6.45, 7) is 20.4. The van der Waals surface area contributed by atoms with Gasteiger partial charge in [0.1, 0.15) is 0 Å². The number of hydrogen-bond acceptors (Lipinski definition) is 11. The van der Waals surface area contributed by atoms with Crippen molar-refractivity contribution in [1.82, 2.24) is 0 Å². The molecule has 70 heavy (non-hydrogen) atoms. The van der Waals surface area contributed by atoms with Crippen LogP contribution in [0.1, 0.15) is 198 Å². The molecule has 6 N–H and O–H groups in total. The maximum absolute atomic E-state index is 11.8. The lowest BCUT2D eigenvalue weighted by Gasteiger charge is -2.65. The van der Waals surface area contributed by atoms with E-state index in [0.29, 0.717) is 77.9 Å². The molecule has 0 aromatic heterocycles. The number of hydrogen-bond donors (Lipinski definition) is 6. The highest BCUT2D eigenvalue weighted by Crippen LogP contribution is 2.71. The van der Waals surface area contributed by atoms with Gasteiger partial charge in [0.05, 0.1) is 49.5 Å². The summed E-state index contributed by atoms with van der Waals surface area (Å²) >= 11 is 0. The van der Waals surface area contributed by atoms with E-state index in [9.17, 15) is 42.4 Å². The standard InChI is InChI=1S/C28H50O6S.C27H48O6S.CH4/c1-7-20-24-16-19(29)12-14-28(24,5)23-13-15-27(4)21(10-11-22(27)25(23)26(20)30)17(2)8-9-18(3)34-35(31,32)33-6;1-5-18-21-14-17(28)11-12-26(21,3)22-15-23(29)27(4)19(9-10-20(27)24(22)25(18)30)16(2)8-6-7-13-34(31,32)33;/h17-26,29-30H,7-16H2,1-6H3;16-25,28-30H,5-15H2,1-4H3,(H,31,32,33);1H4/t17-,18+,19-,20-,21-,22?,23?,24+,25?,26-,27-,28-;16-,17-,18-,19-,20?,21+,22?,23+,24?,25-,26+,27-;/m11./s1. The highest BCUT2D eigenvalue weighted by atomic mass is 32.3. The largest absolute Gasteiger partial charge is 0.399 e. The van der Waals surface area contributed by atoms with Crippen LogP contribution in [0.4, 0.5) is 0 Å². The molecule has 8 rings (SSSR count). The van der Waals surface area contributed by atoms with E-state index in [0.717, 1.165) is 97.0 Å². The third-order valence-electron chi connectivity index (χ3n) is 23.2. The van der Waals surface area contributed by atoms with Gasteiger partial charge in [-0.2, -0.15) is 16.8 Å². The Bertz CT molecular complexity index is 1950. The van der Waals surface area contributed by atoms with E-state index in [-0.39, 0.29) is 77.0 Å². The van der Waals surface area contributed by atoms with Crippen molar-refractivity contribution < 1.29 is 55.3 Å². The van der Waals surface area contributed by atoms with Gasteiger partial charge in [0, 0.05) is 0 Å². The Kier molecular flexibility index (Phi) is 18.7. The molecule has 0 bridgehead atoms. The van der Waals surface area contributed by atoms with Gasteiger partial charge in [-0.3, -0.25) is 8.74 Å². The van der Waals surface area contributed by atoms with Crippen LogP contribution in [0.3, 0.4) is 0 Å². The van der Waals surface area contributed by atoms with Crippen molar-refractivity contribution in [3.05, 3.63) is 0 Å². The van der Waals surface area contributed by atoms with Gasteiger partial charge in [0.15, 0.2) is 0 Å². The molecule has 0 amide bonds. The fraction of sp³-hybridized carbons (Fsp3) is 1.00. The first kappa shape index (κ1) is 58.8. The van der Waals surface area contributed by atoms with Gasteiger partial charge in [-0.15, -0.1) is 0 Å². The molecule has 8 aliphatic rings. The Morgan fingerprint density at radius 2 is 1.06 bits per heavy atom. The van der Waals surface area contributed by atoms with Crippen LogP contribution in [0.5, 0.6) is 0 Å². The lowest BCUT2D eigenvalue weighted by Crippen LogP contribution is -2.65. The van der Waals surface area contributed by atoms with Crippen LogP contribution >= 0.6 is 0 Å². The van der Waals surface area contributed by atoms with Crippen molar-refractivity contribution >= 4 is 20.5 Å². The summed E-state index contributed by atoms with van der Waals surface area (Å²) in [6.07, 6.45) is 16.8. The van der Waals surface area contributed by atoms with Crippen molar-refractivity contribution in [2.24, 2.45) is 105 Å². The van der Waals surface area contributed by atoms with E-state index in [1.165, 1.54) is 25.7 Å². The molecular formula is C56H102O12S2. The highest BCUT2D eigenvalue weighted by molar-refractivity contribution is 7.85. The zero-order valence-electron chi connectivity index (χ0n) is 44.3. The van der Waals surface area contributed by atoms with Crippen LogP contribution in [0, 0.1) is 105 Å². The molecular weight excluding hydrogens is 929 g/mol. The summed E-state index contributed by atoms with van der Waals surface area (Å²) in [7, 11) is -6.69. The second-order valence-electron chi connectivity index (χ2n) is 26.1. The van der Waals surface area contributed by atoms with E-state index in [4.69, 9.17) is 8.74 Å². The maximum atomic E-state index is 11.8. The minimum absolute atomic E-state index is 0. The summed E-state index contributed by atoms with van der Waals surface area (Å²) in [4.78, 5) is 0. The zero-order chi connectivity index (χ0) is 50.8. The van der Waals surface area contributed by atoms with Crippen molar-refractivity contribution in [2.75, 3.05) is 12.9 Å². The Morgan fingerprint density at radius 1 is 0.571 bits per heavy atom. The predicted molar refractivity (Wildman–Crippen MR) is 276 cm³/mol. The van der Waals surface area contributed by atoms with Crippen LogP contribution in [0.2, 0.25) is 0 Å². The fourth-order valence-corrected chi connectivity index (χ4v) is 20.9. The smallest absolute Gasteiger partial charge is 0.393 e. The van der Waals surface area contributed by atoms with E-state index in [2.05, 4.69) is 59.6 Å². The summed E-state index contributed by atoms with van der Waals surface area (Å²) < 4.78 is 63.9. The van der Waals surface area contributed by atoms with Gasteiger partial charge >= 0.3 is 10.4 Å². The van der Waals surface area contributed by atoms with E-state index >= 15 is 0 Å². The minimum Gasteiger partial charge on any atom is -0.393 e. The summed E-state index contributed by atoms with van der Waals surface area (Å²) in [5.41, 5.74) is 0.278. The molecule has 24 atom stereocenters. The van der Waals surface area contributed by atoms with Gasteiger partial charge < -0.3 is 25.5 Å². The van der Waals surface area contributed by atoms with E-state index in [1.807, 2.05) is 0 Å². The van der Waals surface area contributed by atoms with Crippen LogP contribution in [0.15, 0.2) is 0 Å². The van der Waals surface area contributed by atoms with Crippen molar-refractivity contribution in [2.45, 2.75) is 235 Å². The van der Waals surface area contributed by atoms with Crippen molar-refractivity contribution in [3.8, 4) is 0 Å². The number of rotatable bonds is 15. The molecule has 0 aromatic carbocycles. The van der Waals surface area contributed by atoms with E-state index < -0.39 is 32.7 Å². The second kappa shape index (κ2) is 22.3. The molecule has 0 spiro atoms. The average molecular weight is 1030 g/mol. The summed E-state index contributed by atoms with van der Waals surface area (Å²) in [5.74, 6) is 5.08. The van der Waals surface area contributed by atoms with Gasteiger partial charge in [-0.05, 0) is 214 Å². The van der Waals surface area contributed by atoms with Crippen LogP contribution in [-0.4, -0.2) is 96.4 Å². The monoisotopic (exact) mass is 1030 g/mol. The van der Waals surface area contributed by atoms with E-state index in [1.54, 1.807) is 6.92 Å². The van der Waals surface area contributed by atoms with Crippen molar-refractivity contribution in [1.29, 1.82) is 0 Å². The molecule has 0 radical (unpaired) electrons. The SMILES string of the molecule is C.CC[C@H]1[C@@H](O)C2C3CC[C@H]([C@H](C)CCCCS(=O)(=O)O)[C@@]3(C)[C@@H](O)CC2[C@@]2(C)CC[C@@H](O)C[C@@H]12.CC[C@H]1[C@@H](O)C2C3CC[C@H]([C@H](C)CC[C@H](C)OS(=O)(=O)OC)[C@@]3(C)CCC2[C@@]2(C)CC[C@@H](O)C[C@@H]12. The molecule has 0 heterocycles. The quantitative estimate of drug-likeness (QED) is 0.0669. The van der Waals surface area contributed by atoms with Crippen molar-refractivity contribution in [3.63, 3.8) is 0 Å². The Labute approximate surface area is 426 Å². The predicted octanol–water partition coefficient (Wildman–Crippen LogP) is 10.2. The third kappa shape index (κ3) is 10.8. The van der Waals surface area contributed by atoms with Gasteiger partial charge in [-0.25, -0.2) is 4.18 Å². The summed E-state index contributed by atoms with van der Waals surface area (Å²) in [6, 6.07) is 0. The molecule has 0 aromatic rings. The first-order valence-corrected chi connectivity index (χ1v) is 31.0. The Morgan fingerprint density at radius 3 is 1.60 bits per heavy atom. The molecule has 12 nitrogen and oxygen atoms in total.